The van der Waals surface area contributed by atoms with Gasteiger partial charge in [0.05, 0.1) is 10.6 Å². The maximum absolute atomic E-state index is 12.5. The minimum atomic E-state index is -3.68. The Morgan fingerprint density at radius 1 is 1.14 bits per heavy atom. The number of carbonyl (C=O) groups is 1. The van der Waals surface area contributed by atoms with Gasteiger partial charge in [0.15, 0.2) is 0 Å². The highest BCUT2D eigenvalue weighted by Gasteiger charge is 2.17. The Morgan fingerprint density at radius 3 is 2.59 bits per heavy atom. The summed E-state index contributed by atoms with van der Waals surface area (Å²) in [7, 11) is -3.68. The van der Waals surface area contributed by atoms with Crippen LogP contribution in [0.4, 0.5) is 5.69 Å². The molecular weight excluding hydrogens is 392 g/mol. The first kappa shape index (κ1) is 21.0. The number of nitrogens with zero attached hydrogens (tertiary/aromatic N) is 2. The molecule has 2 aromatic rings. The lowest BCUT2D eigenvalue weighted by molar-refractivity contribution is -0.116. The molecule has 2 heterocycles. The molecule has 0 saturated heterocycles. The van der Waals surface area contributed by atoms with Crippen LogP contribution in [-0.2, 0) is 21.2 Å². The van der Waals surface area contributed by atoms with Crippen LogP contribution in [0, 0.1) is 13.8 Å². The van der Waals surface area contributed by atoms with Crippen LogP contribution in [-0.4, -0.2) is 31.9 Å². The van der Waals surface area contributed by atoms with E-state index < -0.39 is 10.0 Å². The smallest absolute Gasteiger partial charge is 0.262 e. The van der Waals surface area contributed by atoms with Crippen LogP contribution < -0.4 is 10.0 Å². The van der Waals surface area contributed by atoms with E-state index in [9.17, 15) is 13.2 Å². The highest BCUT2D eigenvalue weighted by atomic mass is 32.2. The lowest BCUT2D eigenvalue weighted by Crippen LogP contribution is -2.30. The molecule has 1 aromatic carbocycles. The molecular formula is C20H26N4O4S. The van der Waals surface area contributed by atoms with E-state index in [1.165, 1.54) is 12.1 Å². The molecule has 8 nitrogen and oxygen atoms in total. The summed E-state index contributed by atoms with van der Waals surface area (Å²) in [5.74, 6) is 1.07. The number of aryl methyl sites for hydroxylation is 2. The molecule has 0 unspecified atom stereocenters. The molecule has 29 heavy (non-hydrogen) atoms. The van der Waals surface area contributed by atoms with Gasteiger partial charge >= 0.3 is 0 Å². The Hall–Kier alpha value is -2.68. The lowest BCUT2D eigenvalue weighted by Gasteiger charge is -2.10. The third-order valence-electron chi connectivity index (χ3n) is 4.86. The zero-order valence-electron chi connectivity index (χ0n) is 16.7. The lowest BCUT2D eigenvalue weighted by atomic mass is 10.1. The third kappa shape index (κ3) is 5.66. The number of amides is 1. The second-order valence-corrected chi connectivity index (χ2v) is 8.80. The van der Waals surface area contributed by atoms with Crippen molar-refractivity contribution in [3.8, 4) is 0 Å². The van der Waals surface area contributed by atoms with Crippen molar-refractivity contribution in [2.45, 2.75) is 57.3 Å². The summed E-state index contributed by atoms with van der Waals surface area (Å²) < 4.78 is 32.8. The molecule has 1 aliphatic heterocycles. The standard InChI is InChI=1S/C20H26N4O4S/c1-14-18(15(2)28-23-14)11-12-20(25)22-16-7-9-17(10-8-16)29(26,27)24-19-6-4-3-5-13-21-19/h7-10H,3-6,11-13H2,1-2H3,(H,21,24)(H,22,25). The summed E-state index contributed by atoms with van der Waals surface area (Å²) in [5, 5.41) is 6.66. The predicted molar refractivity (Wildman–Crippen MR) is 110 cm³/mol. The summed E-state index contributed by atoms with van der Waals surface area (Å²) >= 11 is 0. The van der Waals surface area contributed by atoms with E-state index in [0.29, 0.717) is 30.9 Å². The van der Waals surface area contributed by atoms with Crippen LogP contribution in [0.2, 0.25) is 0 Å². The molecule has 0 aliphatic carbocycles. The normalized spacial score (nSPS) is 14.8. The van der Waals surface area contributed by atoms with Crippen LogP contribution in [0.5, 0.6) is 0 Å². The van der Waals surface area contributed by atoms with Crippen molar-refractivity contribution in [2.75, 3.05) is 11.9 Å². The van der Waals surface area contributed by atoms with Gasteiger partial charge in [0.1, 0.15) is 11.6 Å². The Kier molecular flexibility index (Phi) is 6.68. The fourth-order valence-corrected chi connectivity index (χ4v) is 4.30. The number of benzene rings is 1. The van der Waals surface area contributed by atoms with E-state index in [1.54, 1.807) is 12.1 Å². The highest BCUT2D eigenvalue weighted by Crippen LogP contribution is 2.17. The second kappa shape index (κ2) is 9.21. The topological polar surface area (TPSA) is 114 Å². The average Bonchev–Trinajstić information content (AvgIpc) is 2.86. The quantitative estimate of drug-likeness (QED) is 0.748. The Balaban J connectivity index is 1.57. The van der Waals surface area contributed by atoms with Crippen molar-refractivity contribution in [3.05, 3.63) is 41.3 Å². The number of amidine groups is 1. The van der Waals surface area contributed by atoms with Gasteiger partial charge in [0.25, 0.3) is 10.0 Å². The van der Waals surface area contributed by atoms with Crippen LogP contribution in [0.3, 0.4) is 0 Å². The summed E-state index contributed by atoms with van der Waals surface area (Å²) in [4.78, 5) is 16.6. The van der Waals surface area contributed by atoms with E-state index in [0.717, 1.165) is 36.3 Å². The van der Waals surface area contributed by atoms with Crippen LogP contribution >= 0.6 is 0 Å². The molecule has 1 aromatic heterocycles. The fraction of sp³-hybridized carbons (Fsp3) is 0.450. The number of nitrogens with one attached hydrogen (secondary N) is 2. The Morgan fingerprint density at radius 2 is 1.90 bits per heavy atom. The number of anilines is 1. The van der Waals surface area contributed by atoms with Gasteiger partial charge in [0.2, 0.25) is 5.91 Å². The first-order chi connectivity index (χ1) is 13.8. The third-order valence-corrected chi connectivity index (χ3v) is 6.26. The summed E-state index contributed by atoms with van der Waals surface area (Å²) in [6, 6.07) is 6.11. The van der Waals surface area contributed by atoms with Crippen molar-refractivity contribution in [1.82, 2.24) is 9.88 Å². The minimum Gasteiger partial charge on any atom is -0.361 e. The van der Waals surface area contributed by atoms with Gasteiger partial charge in [-0.3, -0.25) is 14.5 Å². The van der Waals surface area contributed by atoms with Gasteiger partial charge in [-0.2, -0.15) is 0 Å². The molecule has 0 saturated carbocycles. The van der Waals surface area contributed by atoms with Gasteiger partial charge in [-0.05, 0) is 57.4 Å². The summed E-state index contributed by atoms with van der Waals surface area (Å²) in [6.45, 7) is 4.31. The summed E-state index contributed by atoms with van der Waals surface area (Å²) in [6.07, 6.45) is 4.42. The summed E-state index contributed by atoms with van der Waals surface area (Å²) in [5.41, 5.74) is 2.27. The molecule has 156 valence electrons. The molecule has 0 bridgehead atoms. The maximum Gasteiger partial charge on any atom is 0.262 e. The largest absolute Gasteiger partial charge is 0.361 e. The van der Waals surface area contributed by atoms with Gasteiger partial charge in [-0.15, -0.1) is 0 Å². The number of hydrogen-bond donors (Lipinski definition) is 2. The monoisotopic (exact) mass is 418 g/mol. The molecule has 1 aliphatic rings. The van der Waals surface area contributed by atoms with Crippen LogP contribution in [0.15, 0.2) is 38.7 Å². The average molecular weight is 419 g/mol. The fourth-order valence-electron chi connectivity index (χ4n) is 3.21. The van der Waals surface area contributed by atoms with E-state index in [2.05, 4.69) is 20.2 Å². The van der Waals surface area contributed by atoms with Gasteiger partial charge < -0.3 is 9.84 Å². The molecule has 0 fully saturated rings. The van der Waals surface area contributed by atoms with Crippen molar-refractivity contribution in [1.29, 1.82) is 0 Å². The SMILES string of the molecule is Cc1noc(C)c1CCC(=O)Nc1ccc(S(=O)(=O)NC2=NCCCCC2)cc1. The van der Waals surface area contributed by atoms with Crippen molar-refractivity contribution < 1.29 is 17.7 Å². The van der Waals surface area contributed by atoms with Crippen molar-refractivity contribution in [2.24, 2.45) is 4.99 Å². The van der Waals surface area contributed by atoms with E-state index in [-0.39, 0.29) is 17.2 Å². The molecule has 0 atom stereocenters. The number of rotatable bonds is 6. The number of carbonyl (C=O) groups excluding carboxylic acids is 1. The van der Waals surface area contributed by atoms with Crippen LogP contribution in [0.1, 0.15) is 49.1 Å². The van der Waals surface area contributed by atoms with Crippen molar-refractivity contribution in [3.63, 3.8) is 0 Å². The first-order valence-electron chi connectivity index (χ1n) is 9.73. The Labute approximate surface area is 170 Å². The molecule has 1 amide bonds. The van der Waals surface area contributed by atoms with Gasteiger partial charge in [-0.25, -0.2) is 8.42 Å². The number of aliphatic imine (C=N–C) groups is 1. The number of aromatic nitrogens is 1. The van der Waals surface area contributed by atoms with Crippen LogP contribution in [0.25, 0.3) is 0 Å². The van der Waals surface area contributed by atoms with E-state index in [4.69, 9.17) is 4.52 Å². The molecule has 0 spiro atoms. The highest BCUT2D eigenvalue weighted by molar-refractivity contribution is 7.90. The van der Waals surface area contributed by atoms with Gasteiger partial charge in [0, 0.05) is 30.6 Å². The van der Waals surface area contributed by atoms with E-state index in [1.807, 2.05) is 13.8 Å². The first-order valence-corrected chi connectivity index (χ1v) is 11.2. The number of sulfonamides is 1. The maximum atomic E-state index is 12.5. The minimum absolute atomic E-state index is 0.137. The van der Waals surface area contributed by atoms with E-state index >= 15 is 0 Å². The van der Waals surface area contributed by atoms with Gasteiger partial charge in [-0.1, -0.05) is 11.6 Å². The number of hydrogen-bond acceptors (Lipinski definition) is 6. The zero-order valence-corrected chi connectivity index (χ0v) is 17.5. The Bertz CT molecular complexity index is 974. The molecule has 9 heteroatoms. The zero-order chi connectivity index (χ0) is 20.9. The second-order valence-electron chi connectivity index (χ2n) is 7.12. The molecule has 0 radical (unpaired) electrons. The predicted octanol–water partition coefficient (Wildman–Crippen LogP) is 3.11. The molecule has 2 N–H and O–H groups in total. The molecule has 3 rings (SSSR count). The van der Waals surface area contributed by atoms with Crippen molar-refractivity contribution >= 4 is 27.5 Å².